The highest BCUT2D eigenvalue weighted by atomic mass is 32.2. The molecule has 1 aromatic heterocycles. The summed E-state index contributed by atoms with van der Waals surface area (Å²) in [7, 11) is -3.52. The van der Waals surface area contributed by atoms with Crippen molar-refractivity contribution in [2.75, 3.05) is 26.2 Å². The van der Waals surface area contributed by atoms with Crippen LogP contribution in [0.25, 0.3) is 0 Å². The molecule has 1 aliphatic rings. The second-order valence-electron chi connectivity index (χ2n) is 4.94. The van der Waals surface area contributed by atoms with Crippen LogP contribution in [0.1, 0.15) is 19.8 Å². The fraction of sp³-hybridized carbons (Fsp3) is 0.750. The van der Waals surface area contributed by atoms with E-state index in [1.54, 1.807) is 0 Å². The molecule has 1 aliphatic heterocycles. The number of nitrogens with zero attached hydrogens (tertiary/aromatic N) is 3. The van der Waals surface area contributed by atoms with Gasteiger partial charge in [0.1, 0.15) is 4.90 Å². The minimum atomic E-state index is -3.52. The van der Waals surface area contributed by atoms with Crippen molar-refractivity contribution >= 4 is 10.0 Å². The number of aliphatic hydroxyl groups is 1. The fourth-order valence-corrected chi connectivity index (χ4v) is 3.56. The van der Waals surface area contributed by atoms with Gasteiger partial charge in [-0.1, -0.05) is 6.92 Å². The Bertz CT molecular complexity index is 529. The summed E-state index contributed by atoms with van der Waals surface area (Å²) >= 11 is 0. The Labute approximate surface area is 119 Å². The fourth-order valence-electron chi connectivity index (χ4n) is 2.54. The van der Waals surface area contributed by atoms with E-state index in [2.05, 4.69) is 21.6 Å². The third kappa shape index (κ3) is 3.57. The zero-order chi connectivity index (χ0) is 14.6. The van der Waals surface area contributed by atoms with Gasteiger partial charge in [-0.05, 0) is 25.9 Å². The van der Waals surface area contributed by atoms with Crippen molar-refractivity contribution in [3.05, 3.63) is 12.4 Å². The zero-order valence-electron chi connectivity index (χ0n) is 11.7. The molecule has 1 aromatic rings. The van der Waals surface area contributed by atoms with Gasteiger partial charge in [0.05, 0.1) is 19.3 Å². The zero-order valence-corrected chi connectivity index (χ0v) is 12.5. The molecule has 0 aromatic carbocycles. The second kappa shape index (κ2) is 6.66. The number of aliphatic hydroxyl groups excluding tert-OH is 1. The Balaban J connectivity index is 1.96. The highest BCUT2D eigenvalue weighted by Gasteiger charge is 2.25. The molecule has 0 saturated carbocycles. The summed E-state index contributed by atoms with van der Waals surface area (Å²) in [5.41, 5.74) is 0. The lowest BCUT2D eigenvalue weighted by Crippen LogP contribution is -2.39. The maximum Gasteiger partial charge on any atom is 0.243 e. The van der Waals surface area contributed by atoms with E-state index >= 15 is 0 Å². The Morgan fingerprint density at radius 1 is 1.55 bits per heavy atom. The lowest BCUT2D eigenvalue weighted by atomic mass is 10.2. The summed E-state index contributed by atoms with van der Waals surface area (Å²) in [5.74, 6) is 0. The molecule has 1 unspecified atom stereocenters. The van der Waals surface area contributed by atoms with Crippen LogP contribution < -0.4 is 4.72 Å². The number of nitrogens with one attached hydrogen (secondary N) is 1. The van der Waals surface area contributed by atoms with Crippen LogP contribution in [0.4, 0.5) is 0 Å². The Hall–Kier alpha value is -0.960. The maximum atomic E-state index is 12.2. The summed E-state index contributed by atoms with van der Waals surface area (Å²) in [6, 6.07) is 0.280. The first-order valence-electron chi connectivity index (χ1n) is 6.94. The number of likely N-dealkylation sites (N-methyl/N-ethyl adjacent to an activating group) is 1. The first-order chi connectivity index (χ1) is 9.56. The first-order valence-corrected chi connectivity index (χ1v) is 8.42. The van der Waals surface area contributed by atoms with E-state index in [9.17, 15) is 8.42 Å². The Morgan fingerprint density at radius 2 is 2.35 bits per heavy atom. The first kappa shape index (κ1) is 15.4. The van der Waals surface area contributed by atoms with E-state index < -0.39 is 10.0 Å². The highest BCUT2D eigenvalue weighted by Crippen LogP contribution is 2.16. The van der Waals surface area contributed by atoms with E-state index in [1.807, 2.05) is 0 Å². The predicted molar refractivity (Wildman–Crippen MR) is 74.8 cm³/mol. The summed E-state index contributed by atoms with van der Waals surface area (Å²) in [4.78, 5) is 2.43. The van der Waals surface area contributed by atoms with Gasteiger partial charge in [-0.15, -0.1) is 0 Å². The molecular weight excluding hydrogens is 280 g/mol. The van der Waals surface area contributed by atoms with Crippen molar-refractivity contribution in [3.8, 4) is 0 Å². The van der Waals surface area contributed by atoms with Crippen molar-refractivity contribution in [1.29, 1.82) is 0 Å². The normalized spacial score (nSPS) is 20.6. The van der Waals surface area contributed by atoms with Gasteiger partial charge in [0.2, 0.25) is 10.0 Å². The lowest BCUT2D eigenvalue weighted by molar-refractivity contribution is 0.268. The van der Waals surface area contributed by atoms with Gasteiger partial charge < -0.3 is 5.11 Å². The second-order valence-corrected chi connectivity index (χ2v) is 6.71. The van der Waals surface area contributed by atoms with E-state index in [1.165, 1.54) is 17.1 Å². The SMILES string of the molecule is CCN1CCCC1CNS(=O)(=O)c1cnn(CCO)c1. The molecular formula is C12H22N4O3S. The molecule has 0 spiro atoms. The molecule has 2 heterocycles. The molecule has 1 atom stereocenters. The van der Waals surface area contributed by atoms with Crippen LogP contribution in [0.15, 0.2) is 17.3 Å². The molecule has 2 rings (SSSR count). The molecule has 0 aliphatic carbocycles. The average molecular weight is 302 g/mol. The van der Waals surface area contributed by atoms with Crippen LogP contribution in [-0.2, 0) is 16.6 Å². The number of rotatable bonds is 7. The molecule has 0 radical (unpaired) electrons. The molecule has 20 heavy (non-hydrogen) atoms. The van der Waals surface area contributed by atoms with Crippen molar-refractivity contribution in [1.82, 2.24) is 19.4 Å². The third-order valence-electron chi connectivity index (χ3n) is 3.66. The monoisotopic (exact) mass is 302 g/mol. The molecule has 1 saturated heterocycles. The van der Waals surface area contributed by atoms with Crippen molar-refractivity contribution in [2.45, 2.75) is 37.2 Å². The van der Waals surface area contributed by atoms with Gasteiger partial charge in [-0.25, -0.2) is 13.1 Å². The van der Waals surface area contributed by atoms with E-state index in [0.717, 1.165) is 25.9 Å². The predicted octanol–water partition coefficient (Wildman–Crippen LogP) is -0.362. The van der Waals surface area contributed by atoms with Gasteiger partial charge in [0, 0.05) is 18.8 Å². The van der Waals surface area contributed by atoms with Crippen LogP contribution in [0, 0.1) is 0 Å². The maximum absolute atomic E-state index is 12.2. The number of hydrogen-bond donors (Lipinski definition) is 2. The minimum absolute atomic E-state index is 0.0673. The van der Waals surface area contributed by atoms with Crippen LogP contribution >= 0.6 is 0 Å². The molecule has 0 amide bonds. The smallest absolute Gasteiger partial charge is 0.243 e. The minimum Gasteiger partial charge on any atom is -0.394 e. The molecule has 8 heteroatoms. The molecule has 114 valence electrons. The van der Waals surface area contributed by atoms with Crippen LogP contribution in [-0.4, -0.2) is 60.5 Å². The van der Waals surface area contributed by atoms with Gasteiger partial charge in [-0.3, -0.25) is 9.58 Å². The number of sulfonamides is 1. The van der Waals surface area contributed by atoms with Gasteiger partial charge in [0.25, 0.3) is 0 Å². The molecule has 0 bridgehead atoms. The van der Waals surface area contributed by atoms with Crippen molar-refractivity contribution in [3.63, 3.8) is 0 Å². The van der Waals surface area contributed by atoms with Crippen molar-refractivity contribution in [2.24, 2.45) is 0 Å². The highest BCUT2D eigenvalue weighted by molar-refractivity contribution is 7.89. The number of aromatic nitrogens is 2. The Morgan fingerprint density at radius 3 is 3.05 bits per heavy atom. The topological polar surface area (TPSA) is 87.5 Å². The number of hydrogen-bond acceptors (Lipinski definition) is 5. The van der Waals surface area contributed by atoms with E-state index in [-0.39, 0.29) is 17.5 Å². The van der Waals surface area contributed by atoms with Gasteiger partial charge >= 0.3 is 0 Å². The van der Waals surface area contributed by atoms with E-state index in [0.29, 0.717) is 13.1 Å². The molecule has 1 fully saturated rings. The summed E-state index contributed by atoms with van der Waals surface area (Å²) < 4.78 is 28.4. The van der Waals surface area contributed by atoms with Gasteiger partial charge in [-0.2, -0.15) is 5.10 Å². The molecule has 7 nitrogen and oxygen atoms in total. The summed E-state index contributed by atoms with van der Waals surface area (Å²) in [6.45, 7) is 4.73. The van der Waals surface area contributed by atoms with E-state index in [4.69, 9.17) is 5.11 Å². The average Bonchev–Trinajstić information content (AvgIpc) is 3.05. The third-order valence-corrected chi connectivity index (χ3v) is 5.04. The van der Waals surface area contributed by atoms with Crippen LogP contribution in [0.2, 0.25) is 0 Å². The number of likely N-dealkylation sites (tertiary alicyclic amines) is 1. The van der Waals surface area contributed by atoms with Crippen LogP contribution in [0.3, 0.4) is 0 Å². The molecule has 2 N–H and O–H groups in total. The Kier molecular flexibility index (Phi) is 5.14. The summed E-state index contributed by atoms with van der Waals surface area (Å²) in [5, 5.41) is 12.7. The van der Waals surface area contributed by atoms with Crippen LogP contribution in [0.5, 0.6) is 0 Å². The van der Waals surface area contributed by atoms with Gasteiger partial charge in [0.15, 0.2) is 0 Å². The van der Waals surface area contributed by atoms with Crippen molar-refractivity contribution < 1.29 is 13.5 Å². The summed E-state index contributed by atoms with van der Waals surface area (Å²) in [6.07, 6.45) is 4.89. The lowest BCUT2D eigenvalue weighted by Gasteiger charge is -2.22. The largest absolute Gasteiger partial charge is 0.394 e. The standard InChI is InChI=1S/C12H22N4O3S/c1-2-15-5-3-4-11(15)8-14-20(18,19)12-9-13-16(10-12)6-7-17/h9-11,14,17H,2-8H2,1H3. The quantitative estimate of drug-likeness (QED) is 0.718.